The number of aromatic nitrogens is 4. The number of H-pyrrole nitrogens is 1. The Bertz CT molecular complexity index is 907. The summed E-state index contributed by atoms with van der Waals surface area (Å²) in [5.74, 6) is 0.962. The lowest BCUT2D eigenvalue weighted by Gasteiger charge is -2.13. The molecule has 2 aromatic heterocycles. The second kappa shape index (κ2) is 5.32. The van der Waals surface area contributed by atoms with Crippen molar-refractivity contribution in [2.24, 2.45) is 0 Å². The minimum atomic E-state index is 0.699. The summed E-state index contributed by atoms with van der Waals surface area (Å²) in [6.45, 7) is 3.05. The quantitative estimate of drug-likeness (QED) is 0.742. The van der Waals surface area contributed by atoms with Gasteiger partial charge in [-0.1, -0.05) is 25.1 Å². The van der Waals surface area contributed by atoms with Gasteiger partial charge in [-0.3, -0.25) is 10.1 Å². The molecule has 0 aliphatic heterocycles. The summed E-state index contributed by atoms with van der Waals surface area (Å²) in [4.78, 5) is 4.85. The number of pyridine rings is 1. The van der Waals surface area contributed by atoms with E-state index in [4.69, 9.17) is 17.2 Å². The molecule has 4 rings (SSSR count). The van der Waals surface area contributed by atoms with Gasteiger partial charge in [-0.05, 0) is 49.5 Å². The highest BCUT2D eigenvalue weighted by molar-refractivity contribution is 7.71. The van der Waals surface area contributed by atoms with Crippen LogP contribution in [0.25, 0.3) is 22.3 Å². The first-order valence-corrected chi connectivity index (χ1v) is 8.26. The molecule has 0 saturated carbocycles. The van der Waals surface area contributed by atoms with Crippen LogP contribution in [0, 0.1) is 4.77 Å². The van der Waals surface area contributed by atoms with Crippen LogP contribution < -0.4 is 0 Å². The molecule has 4 nitrogen and oxygen atoms in total. The number of nitrogens with one attached hydrogen (secondary N) is 1. The molecular weight excluding hydrogens is 292 g/mol. The van der Waals surface area contributed by atoms with Gasteiger partial charge < -0.3 is 4.57 Å². The Hall–Kier alpha value is -2.01. The molecule has 112 valence electrons. The van der Waals surface area contributed by atoms with E-state index in [1.807, 2.05) is 6.07 Å². The molecule has 0 bridgehead atoms. The third-order valence-electron chi connectivity index (χ3n) is 4.35. The molecule has 1 N–H and O–H groups in total. The first-order chi connectivity index (χ1) is 10.8. The van der Waals surface area contributed by atoms with Crippen molar-refractivity contribution in [2.75, 3.05) is 0 Å². The highest BCUT2D eigenvalue weighted by Gasteiger charge is 2.23. The Kier molecular flexibility index (Phi) is 3.30. The van der Waals surface area contributed by atoms with E-state index >= 15 is 0 Å². The van der Waals surface area contributed by atoms with E-state index in [0.717, 1.165) is 37.1 Å². The van der Waals surface area contributed by atoms with Crippen LogP contribution in [0.15, 0.2) is 24.3 Å². The van der Waals surface area contributed by atoms with Gasteiger partial charge in [0.1, 0.15) is 0 Å². The lowest BCUT2D eigenvalue weighted by Crippen LogP contribution is -2.03. The predicted octanol–water partition coefficient (Wildman–Crippen LogP) is 4.05. The van der Waals surface area contributed by atoms with Crippen LogP contribution in [0.4, 0.5) is 0 Å². The Balaban J connectivity index is 2.08. The van der Waals surface area contributed by atoms with Crippen LogP contribution in [0.5, 0.6) is 0 Å². The molecule has 1 aliphatic carbocycles. The fraction of sp³-hybridized carbons (Fsp3) is 0.353. The molecule has 1 aliphatic rings. The molecule has 0 atom stereocenters. The number of aryl methyl sites for hydroxylation is 1. The average Bonchev–Trinajstić information content (AvgIpc) is 3.13. The average molecular weight is 310 g/mol. The minimum Gasteiger partial charge on any atom is -0.300 e. The molecule has 5 heteroatoms. The van der Waals surface area contributed by atoms with Crippen molar-refractivity contribution in [1.82, 2.24) is 19.7 Å². The van der Waals surface area contributed by atoms with Crippen molar-refractivity contribution in [3.8, 4) is 11.4 Å². The fourth-order valence-corrected chi connectivity index (χ4v) is 3.63. The first-order valence-electron chi connectivity index (χ1n) is 7.85. The SMILES string of the molecule is CCCn1c(-c2c3c(nc4ccccc24)CCC3)n[nH]c1=S. The smallest absolute Gasteiger partial charge is 0.195 e. The predicted molar refractivity (Wildman–Crippen MR) is 90.5 cm³/mol. The standard InChI is InChI=1S/C17H18N4S/c1-2-10-21-16(19-20-17(21)22)15-11-6-3-4-8-13(11)18-14-9-5-7-12(14)15/h3-4,6,8H,2,5,7,9-10H2,1H3,(H,20,22). The Labute approximate surface area is 134 Å². The molecule has 1 aromatic carbocycles. The molecular formula is C17H18N4S. The summed E-state index contributed by atoms with van der Waals surface area (Å²) in [6.07, 6.45) is 4.34. The minimum absolute atomic E-state index is 0.699. The van der Waals surface area contributed by atoms with Crippen LogP contribution in [-0.2, 0) is 19.4 Å². The van der Waals surface area contributed by atoms with Crippen LogP contribution in [-0.4, -0.2) is 19.7 Å². The molecule has 3 aromatic rings. The van der Waals surface area contributed by atoms with E-state index in [9.17, 15) is 0 Å². The van der Waals surface area contributed by atoms with E-state index in [-0.39, 0.29) is 0 Å². The van der Waals surface area contributed by atoms with Gasteiger partial charge in [0.25, 0.3) is 0 Å². The first kappa shape index (κ1) is 13.6. The van der Waals surface area contributed by atoms with Crippen LogP contribution >= 0.6 is 12.2 Å². The number of nitrogens with zero attached hydrogens (tertiary/aromatic N) is 3. The van der Waals surface area contributed by atoms with E-state index in [0.29, 0.717) is 4.77 Å². The van der Waals surface area contributed by atoms with Crippen LogP contribution in [0.1, 0.15) is 31.0 Å². The van der Waals surface area contributed by atoms with E-state index in [1.165, 1.54) is 28.6 Å². The van der Waals surface area contributed by atoms with Gasteiger partial charge in [-0.15, -0.1) is 0 Å². The van der Waals surface area contributed by atoms with Crippen molar-refractivity contribution in [1.29, 1.82) is 0 Å². The number of aromatic amines is 1. The Morgan fingerprint density at radius 1 is 1.27 bits per heavy atom. The largest absolute Gasteiger partial charge is 0.300 e. The third kappa shape index (κ3) is 2.00. The fourth-order valence-electron chi connectivity index (χ4n) is 3.41. The Morgan fingerprint density at radius 3 is 3.00 bits per heavy atom. The number of hydrogen-bond acceptors (Lipinski definition) is 3. The number of para-hydroxylation sites is 1. The molecule has 0 fully saturated rings. The molecule has 2 heterocycles. The summed E-state index contributed by atoms with van der Waals surface area (Å²) in [5, 5.41) is 8.70. The topological polar surface area (TPSA) is 46.5 Å². The van der Waals surface area contributed by atoms with Gasteiger partial charge in [-0.25, -0.2) is 0 Å². The van der Waals surface area contributed by atoms with E-state index in [1.54, 1.807) is 0 Å². The lowest BCUT2D eigenvalue weighted by atomic mass is 10.0. The highest BCUT2D eigenvalue weighted by Crippen LogP contribution is 2.36. The summed E-state index contributed by atoms with van der Waals surface area (Å²) in [7, 11) is 0. The summed E-state index contributed by atoms with van der Waals surface area (Å²) >= 11 is 5.42. The highest BCUT2D eigenvalue weighted by atomic mass is 32.1. The summed E-state index contributed by atoms with van der Waals surface area (Å²) in [5.41, 5.74) is 4.85. The van der Waals surface area contributed by atoms with E-state index < -0.39 is 0 Å². The van der Waals surface area contributed by atoms with E-state index in [2.05, 4.69) is 39.9 Å². The monoisotopic (exact) mass is 310 g/mol. The molecule has 0 amide bonds. The Morgan fingerprint density at radius 2 is 2.14 bits per heavy atom. The molecule has 0 saturated heterocycles. The second-order valence-electron chi connectivity index (χ2n) is 5.79. The van der Waals surface area contributed by atoms with Crippen LogP contribution in [0.2, 0.25) is 0 Å². The zero-order valence-electron chi connectivity index (χ0n) is 12.6. The molecule has 0 spiro atoms. The third-order valence-corrected chi connectivity index (χ3v) is 4.66. The zero-order chi connectivity index (χ0) is 15.1. The summed E-state index contributed by atoms with van der Waals surface area (Å²) in [6, 6.07) is 8.34. The van der Waals surface area contributed by atoms with Crippen molar-refractivity contribution in [3.63, 3.8) is 0 Å². The normalized spacial score (nSPS) is 13.7. The number of hydrogen-bond donors (Lipinski definition) is 1. The van der Waals surface area contributed by atoms with Crippen molar-refractivity contribution in [2.45, 2.75) is 39.2 Å². The van der Waals surface area contributed by atoms with Gasteiger partial charge in [0, 0.05) is 23.2 Å². The van der Waals surface area contributed by atoms with Gasteiger partial charge in [0.15, 0.2) is 10.6 Å². The van der Waals surface area contributed by atoms with Crippen molar-refractivity contribution < 1.29 is 0 Å². The molecule has 0 unspecified atom stereocenters. The summed E-state index contributed by atoms with van der Waals surface area (Å²) < 4.78 is 2.82. The molecule has 22 heavy (non-hydrogen) atoms. The van der Waals surface area contributed by atoms with Gasteiger partial charge >= 0.3 is 0 Å². The number of fused-ring (bicyclic) bond motifs is 2. The van der Waals surface area contributed by atoms with Gasteiger partial charge in [0.2, 0.25) is 0 Å². The van der Waals surface area contributed by atoms with Crippen LogP contribution in [0.3, 0.4) is 0 Å². The maximum absolute atomic E-state index is 5.42. The number of benzene rings is 1. The lowest BCUT2D eigenvalue weighted by molar-refractivity contribution is 0.674. The molecule has 0 radical (unpaired) electrons. The maximum Gasteiger partial charge on any atom is 0.195 e. The van der Waals surface area contributed by atoms with Gasteiger partial charge in [0.05, 0.1) is 5.52 Å². The number of rotatable bonds is 3. The van der Waals surface area contributed by atoms with Crippen molar-refractivity contribution >= 4 is 23.1 Å². The second-order valence-corrected chi connectivity index (χ2v) is 6.17. The zero-order valence-corrected chi connectivity index (χ0v) is 13.4. The van der Waals surface area contributed by atoms with Gasteiger partial charge in [-0.2, -0.15) is 5.10 Å². The maximum atomic E-state index is 5.42. The van der Waals surface area contributed by atoms with Crippen molar-refractivity contribution in [3.05, 3.63) is 40.3 Å².